The molecule has 0 radical (unpaired) electrons. The maximum absolute atomic E-state index is 12.8. The molecule has 148 valence electrons. The second-order valence-electron chi connectivity index (χ2n) is 6.89. The summed E-state index contributed by atoms with van der Waals surface area (Å²) < 4.78 is 12.9. The highest BCUT2D eigenvalue weighted by atomic mass is 16.5. The average molecular weight is 382 g/mol. The van der Waals surface area contributed by atoms with Gasteiger partial charge in [-0.1, -0.05) is 17.3 Å². The molecule has 7 nitrogen and oxygen atoms in total. The van der Waals surface area contributed by atoms with Crippen molar-refractivity contribution in [3.63, 3.8) is 0 Å². The summed E-state index contributed by atoms with van der Waals surface area (Å²) in [5, 5.41) is 11.4. The summed E-state index contributed by atoms with van der Waals surface area (Å²) in [4.78, 5) is 12.8. The van der Waals surface area contributed by atoms with Crippen molar-refractivity contribution in [2.75, 3.05) is 0 Å². The van der Waals surface area contributed by atoms with Crippen LogP contribution in [-0.2, 0) is 13.2 Å². The molecule has 0 fully saturated rings. The minimum Gasteiger partial charge on any atom is -0.489 e. The van der Waals surface area contributed by atoms with E-state index in [1.807, 2.05) is 62.8 Å². The molecule has 1 unspecified atom stereocenters. The van der Waals surface area contributed by atoms with Crippen LogP contribution in [0, 0.1) is 20.8 Å². The van der Waals surface area contributed by atoms with Gasteiger partial charge < -0.3 is 14.6 Å². The Hall–Kier alpha value is -3.09. The molecule has 0 saturated heterocycles. The third-order valence-corrected chi connectivity index (χ3v) is 4.69. The second-order valence-corrected chi connectivity index (χ2v) is 6.89. The SMILES string of the molecule is CCn1cc(C(C)NC(=O)c2noc(C)c2COc2cccc(C)c2)c(C)n1. The summed E-state index contributed by atoms with van der Waals surface area (Å²) in [5.41, 5.74) is 3.88. The summed E-state index contributed by atoms with van der Waals surface area (Å²) in [7, 11) is 0. The molecule has 0 aliphatic heterocycles. The molecular weight excluding hydrogens is 356 g/mol. The summed E-state index contributed by atoms with van der Waals surface area (Å²) in [6, 6.07) is 7.56. The predicted octanol–water partition coefficient (Wildman–Crippen LogP) is 3.89. The lowest BCUT2D eigenvalue weighted by molar-refractivity contribution is 0.0928. The number of nitrogens with one attached hydrogen (secondary N) is 1. The quantitative estimate of drug-likeness (QED) is 0.670. The zero-order valence-electron chi connectivity index (χ0n) is 16.9. The minimum absolute atomic E-state index is 0.199. The highest BCUT2D eigenvalue weighted by Crippen LogP contribution is 2.21. The van der Waals surface area contributed by atoms with Crippen LogP contribution < -0.4 is 10.1 Å². The van der Waals surface area contributed by atoms with Crippen molar-refractivity contribution in [1.29, 1.82) is 0 Å². The molecule has 0 aliphatic carbocycles. The van der Waals surface area contributed by atoms with Crippen molar-refractivity contribution >= 4 is 5.91 Å². The lowest BCUT2D eigenvalue weighted by atomic mass is 10.1. The van der Waals surface area contributed by atoms with E-state index in [1.54, 1.807) is 6.92 Å². The van der Waals surface area contributed by atoms with Crippen LogP contribution in [0.15, 0.2) is 35.0 Å². The van der Waals surface area contributed by atoms with Gasteiger partial charge >= 0.3 is 0 Å². The molecule has 0 bridgehead atoms. The van der Waals surface area contributed by atoms with Crippen LogP contribution in [0.1, 0.15) is 58.5 Å². The first-order chi connectivity index (χ1) is 13.4. The Kier molecular flexibility index (Phi) is 5.82. The number of benzene rings is 1. The van der Waals surface area contributed by atoms with Gasteiger partial charge in [-0.05, 0) is 52.3 Å². The highest BCUT2D eigenvalue weighted by molar-refractivity contribution is 5.94. The van der Waals surface area contributed by atoms with E-state index in [9.17, 15) is 4.79 Å². The Bertz CT molecular complexity index is 974. The summed E-state index contributed by atoms with van der Waals surface area (Å²) in [6.07, 6.45) is 1.95. The summed E-state index contributed by atoms with van der Waals surface area (Å²) in [5.74, 6) is 1.01. The van der Waals surface area contributed by atoms with E-state index in [4.69, 9.17) is 9.26 Å². The minimum atomic E-state index is -0.296. The van der Waals surface area contributed by atoms with Crippen LogP contribution in [-0.4, -0.2) is 20.8 Å². The van der Waals surface area contributed by atoms with Crippen LogP contribution in [0.5, 0.6) is 5.75 Å². The van der Waals surface area contributed by atoms with E-state index in [2.05, 4.69) is 15.6 Å². The van der Waals surface area contributed by atoms with Gasteiger partial charge in [-0.2, -0.15) is 5.10 Å². The van der Waals surface area contributed by atoms with Crippen molar-refractivity contribution in [3.05, 3.63) is 64.3 Å². The topological polar surface area (TPSA) is 82.2 Å². The molecule has 1 N–H and O–H groups in total. The van der Waals surface area contributed by atoms with Gasteiger partial charge in [0.05, 0.1) is 17.3 Å². The standard InChI is InChI=1S/C21H26N4O3/c1-6-25-11-18(15(4)23-25)14(3)22-21(26)20-19(16(5)28-24-20)12-27-17-9-7-8-13(2)10-17/h7-11,14H,6,12H2,1-5H3,(H,22,26). The normalized spacial score (nSPS) is 12.0. The Balaban J connectivity index is 1.72. The Morgan fingerprint density at radius 2 is 2.11 bits per heavy atom. The van der Waals surface area contributed by atoms with Gasteiger partial charge in [0.1, 0.15) is 18.1 Å². The van der Waals surface area contributed by atoms with Crippen LogP contribution in [0.25, 0.3) is 0 Å². The van der Waals surface area contributed by atoms with Gasteiger partial charge in [-0.3, -0.25) is 9.48 Å². The Morgan fingerprint density at radius 3 is 2.79 bits per heavy atom. The smallest absolute Gasteiger partial charge is 0.274 e. The van der Waals surface area contributed by atoms with E-state index < -0.39 is 0 Å². The fourth-order valence-electron chi connectivity index (χ4n) is 3.06. The van der Waals surface area contributed by atoms with Crippen molar-refractivity contribution in [2.24, 2.45) is 0 Å². The molecule has 0 spiro atoms. The molecular formula is C21H26N4O3. The van der Waals surface area contributed by atoms with Crippen molar-refractivity contribution in [1.82, 2.24) is 20.3 Å². The number of carbonyl (C=O) groups excluding carboxylic acids is 1. The van der Waals surface area contributed by atoms with Crippen molar-refractivity contribution in [3.8, 4) is 5.75 Å². The number of hydrogen-bond acceptors (Lipinski definition) is 5. The number of carbonyl (C=O) groups is 1. The fourth-order valence-corrected chi connectivity index (χ4v) is 3.06. The molecule has 1 atom stereocenters. The molecule has 1 amide bonds. The molecule has 7 heteroatoms. The lowest BCUT2D eigenvalue weighted by Gasteiger charge is -2.13. The van der Waals surface area contributed by atoms with E-state index >= 15 is 0 Å². The molecule has 1 aromatic carbocycles. The van der Waals surface area contributed by atoms with Gasteiger partial charge in [0.15, 0.2) is 5.69 Å². The number of rotatable bonds is 7. The van der Waals surface area contributed by atoms with Gasteiger partial charge in [0.2, 0.25) is 0 Å². The third-order valence-electron chi connectivity index (χ3n) is 4.69. The van der Waals surface area contributed by atoms with E-state index in [1.165, 1.54) is 0 Å². The first kappa shape index (κ1) is 19.7. The largest absolute Gasteiger partial charge is 0.489 e. The van der Waals surface area contributed by atoms with Gasteiger partial charge in [0.25, 0.3) is 5.91 Å². The molecule has 0 saturated carbocycles. The van der Waals surface area contributed by atoms with E-state index in [0.717, 1.165) is 29.1 Å². The predicted molar refractivity (Wildman–Crippen MR) is 105 cm³/mol. The first-order valence-corrected chi connectivity index (χ1v) is 9.38. The number of aromatic nitrogens is 3. The monoisotopic (exact) mass is 382 g/mol. The lowest BCUT2D eigenvalue weighted by Crippen LogP contribution is -2.28. The van der Waals surface area contributed by atoms with Crippen LogP contribution in [0.4, 0.5) is 0 Å². The maximum atomic E-state index is 12.8. The molecule has 2 heterocycles. The highest BCUT2D eigenvalue weighted by Gasteiger charge is 2.23. The molecule has 2 aromatic heterocycles. The zero-order valence-corrected chi connectivity index (χ0v) is 16.9. The van der Waals surface area contributed by atoms with E-state index in [-0.39, 0.29) is 24.2 Å². The number of hydrogen-bond donors (Lipinski definition) is 1. The summed E-state index contributed by atoms with van der Waals surface area (Å²) in [6.45, 7) is 10.7. The van der Waals surface area contributed by atoms with E-state index in [0.29, 0.717) is 11.3 Å². The van der Waals surface area contributed by atoms with Gasteiger partial charge in [-0.15, -0.1) is 0 Å². The second kappa shape index (κ2) is 8.29. The van der Waals surface area contributed by atoms with Crippen LogP contribution in [0.2, 0.25) is 0 Å². The average Bonchev–Trinajstić information content (AvgIpc) is 3.22. The number of nitrogens with zero attached hydrogens (tertiary/aromatic N) is 3. The fraction of sp³-hybridized carbons (Fsp3) is 0.381. The maximum Gasteiger partial charge on any atom is 0.274 e. The zero-order chi connectivity index (χ0) is 20.3. The third kappa shape index (κ3) is 4.24. The number of ether oxygens (including phenoxy) is 1. The van der Waals surface area contributed by atoms with Crippen molar-refractivity contribution in [2.45, 2.75) is 53.8 Å². The first-order valence-electron chi connectivity index (χ1n) is 9.38. The van der Waals surface area contributed by atoms with Gasteiger partial charge in [0, 0.05) is 18.3 Å². The Labute approximate surface area is 164 Å². The molecule has 28 heavy (non-hydrogen) atoms. The number of amides is 1. The molecule has 3 aromatic rings. The molecule has 0 aliphatic rings. The summed E-state index contributed by atoms with van der Waals surface area (Å²) >= 11 is 0. The van der Waals surface area contributed by atoms with Crippen LogP contribution in [0.3, 0.4) is 0 Å². The number of aryl methyl sites for hydroxylation is 4. The molecule has 3 rings (SSSR count). The van der Waals surface area contributed by atoms with Gasteiger partial charge in [-0.25, -0.2) is 0 Å². The Morgan fingerprint density at radius 1 is 1.32 bits per heavy atom. The van der Waals surface area contributed by atoms with Crippen molar-refractivity contribution < 1.29 is 14.1 Å². The van der Waals surface area contributed by atoms with Crippen LogP contribution >= 0.6 is 0 Å².